The first-order chi connectivity index (χ1) is 17.3. The molecule has 36 heavy (non-hydrogen) atoms. The second-order valence-electron chi connectivity index (χ2n) is 9.86. The molecule has 0 saturated carbocycles. The number of amides is 1. The van der Waals surface area contributed by atoms with E-state index in [2.05, 4.69) is 68.0 Å². The number of carbonyl (C=O) groups excluding carboxylic acids is 1. The van der Waals surface area contributed by atoms with Gasteiger partial charge in [0.15, 0.2) is 0 Å². The molecule has 0 spiro atoms. The van der Waals surface area contributed by atoms with Gasteiger partial charge in [0.1, 0.15) is 5.52 Å². The quantitative estimate of drug-likeness (QED) is 0.428. The highest BCUT2D eigenvalue weighted by molar-refractivity contribution is 5.76. The van der Waals surface area contributed by atoms with Crippen LogP contribution in [-0.4, -0.2) is 51.2 Å². The van der Waals surface area contributed by atoms with Crippen LogP contribution in [0.15, 0.2) is 59.7 Å². The molecule has 2 aromatic carbocycles. The van der Waals surface area contributed by atoms with Crippen molar-refractivity contribution in [1.82, 2.24) is 19.1 Å². The van der Waals surface area contributed by atoms with Crippen LogP contribution in [0, 0.1) is 27.7 Å². The first kappa shape index (κ1) is 23.9. The monoisotopic (exact) mass is 483 g/mol. The van der Waals surface area contributed by atoms with Crippen molar-refractivity contribution >= 4 is 17.1 Å². The summed E-state index contributed by atoms with van der Waals surface area (Å²) in [7, 11) is 0. The number of benzene rings is 2. The van der Waals surface area contributed by atoms with Gasteiger partial charge in [0.25, 0.3) is 5.56 Å². The Morgan fingerprint density at radius 2 is 1.61 bits per heavy atom. The van der Waals surface area contributed by atoms with Gasteiger partial charge < -0.3 is 14.4 Å². The van der Waals surface area contributed by atoms with Gasteiger partial charge in [-0.25, -0.2) is 4.52 Å². The fourth-order valence-corrected chi connectivity index (χ4v) is 4.88. The summed E-state index contributed by atoms with van der Waals surface area (Å²) in [5, 5.41) is 4.59. The summed E-state index contributed by atoms with van der Waals surface area (Å²) < 4.78 is 3.24. The van der Waals surface area contributed by atoms with Gasteiger partial charge in [-0.3, -0.25) is 9.59 Å². The van der Waals surface area contributed by atoms with Gasteiger partial charge in [-0.1, -0.05) is 24.3 Å². The van der Waals surface area contributed by atoms with Crippen molar-refractivity contribution in [2.45, 2.75) is 40.7 Å². The summed E-state index contributed by atoms with van der Waals surface area (Å²) in [5.74, 6) is 0.0896. The number of hydrogen-bond acceptors (Lipinski definition) is 4. The zero-order chi connectivity index (χ0) is 25.4. The summed E-state index contributed by atoms with van der Waals surface area (Å²) in [6.07, 6.45) is 3.81. The number of rotatable bonds is 5. The molecule has 1 aliphatic heterocycles. The van der Waals surface area contributed by atoms with E-state index in [0.29, 0.717) is 31.6 Å². The predicted molar refractivity (Wildman–Crippen MR) is 144 cm³/mol. The minimum atomic E-state index is -0.132. The molecular formula is C29H33N5O2. The predicted octanol–water partition coefficient (Wildman–Crippen LogP) is 4.14. The maximum Gasteiger partial charge on any atom is 0.276 e. The van der Waals surface area contributed by atoms with Crippen molar-refractivity contribution < 1.29 is 4.79 Å². The Hall–Kier alpha value is -3.87. The van der Waals surface area contributed by atoms with Gasteiger partial charge in [-0.2, -0.15) is 5.10 Å². The van der Waals surface area contributed by atoms with E-state index in [9.17, 15) is 9.59 Å². The maximum atomic E-state index is 13.1. The molecule has 0 aliphatic carbocycles. The van der Waals surface area contributed by atoms with E-state index >= 15 is 0 Å². The molecule has 2 aromatic heterocycles. The van der Waals surface area contributed by atoms with Crippen LogP contribution in [0.5, 0.6) is 0 Å². The number of anilines is 1. The molecule has 4 aromatic rings. The Balaban J connectivity index is 1.24. The number of hydrogen-bond donors (Lipinski definition) is 0. The van der Waals surface area contributed by atoms with Crippen LogP contribution in [0.3, 0.4) is 0 Å². The molecule has 7 nitrogen and oxygen atoms in total. The average Bonchev–Trinajstić information content (AvgIpc) is 3.32. The lowest BCUT2D eigenvalue weighted by Crippen LogP contribution is -2.49. The number of fused-ring (bicyclic) bond motifs is 1. The number of aryl methyl sites for hydroxylation is 5. The third-order valence-corrected chi connectivity index (χ3v) is 7.31. The Bertz CT molecular complexity index is 1490. The van der Waals surface area contributed by atoms with E-state index in [-0.39, 0.29) is 11.5 Å². The average molecular weight is 484 g/mol. The van der Waals surface area contributed by atoms with E-state index in [1.807, 2.05) is 17.0 Å². The minimum absolute atomic E-state index is 0.0896. The Kier molecular flexibility index (Phi) is 6.39. The zero-order valence-corrected chi connectivity index (χ0v) is 21.5. The largest absolute Gasteiger partial charge is 0.368 e. The molecule has 1 saturated heterocycles. The fraction of sp³-hybridized carbons (Fsp3) is 0.345. The lowest BCUT2D eigenvalue weighted by molar-refractivity contribution is -0.131. The van der Waals surface area contributed by atoms with Crippen LogP contribution in [0.25, 0.3) is 16.8 Å². The van der Waals surface area contributed by atoms with Crippen LogP contribution in [0.4, 0.5) is 5.69 Å². The van der Waals surface area contributed by atoms with Crippen molar-refractivity contribution in [2.24, 2.45) is 0 Å². The molecule has 1 amide bonds. The molecule has 1 aliphatic rings. The van der Waals surface area contributed by atoms with Crippen molar-refractivity contribution in [2.75, 3.05) is 31.1 Å². The topological polar surface area (TPSA) is 62.9 Å². The number of piperazine rings is 1. The standard InChI is InChI=1S/C29H33N5O2/c1-20-5-6-22(3)26(17-20)31-11-13-32(14-12-31)28(35)9-10-33-15-16-34-27(29(33)36)19-25(30-34)24-8-7-21(2)23(4)18-24/h5-8,15-19H,9-14H2,1-4H3. The second kappa shape index (κ2) is 9.64. The second-order valence-corrected chi connectivity index (χ2v) is 9.86. The maximum absolute atomic E-state index is 13.1. The molecular weight excluding hydrogens is 450 g/mol. The van der Waals surface area contributed by atoms with Crippen molar-refractivity contribution in [3.05, 3.63) is 87.5 Å². The van der Waals surface area contributed by atoms with E-state index in [1.165, 1.54) is 27.9 Å². The van der Waals surface area contributed by atoms with Crippen molar-refractivity contribution in [3.63, 3.8) is 0 Å². The highest BCUT2D eigenvalue weighted by atomic mass is 16.2. The lowest BCUT2D eigenvalue weighted by Gasteiger charge is -2.37. The highest BCUT2D eigenvalue weighted by Gasteiger charge is 2.22. The van der Waals surface area contributed by atoms with Crippen LogP contribution >= 0.6 is 0 Å². The van der Waals surface area contributed by atoms with Gasteiger partial charge in [0, 0.05) is 62.8 Å². The normalized spacial score (nSPS) is 14.0. The minimum Gasteiger partial charge on any atom is -0.368 e. The van der Waals surface area contributed by atoms with Crippen molar-refractivity contribution in [3.8, 4) is 11.3 Å². The Morgan fingerprint density at radius 1 is 0.861 bits per heavy atom. The Labute approximate surface area is 211 Å². The zero-order valence-electron chi connectivity index (χ0n) is 21.5. The molecule has 1 fully saturated rings. The lowest BCUT2D eigenvalue weighted by atomic mass is 10.0. The first-order valence-electron chi connectivity index (χ1n) is 12.6. The van der Waals surface area contributed by atoms with E-state index in [4.69, 9.17) is 0 Å². The van der Waals surface area contributed by atoms with Crippen LogP contribution in [0.2, 0.25) is 0 Å². The SMILES string of the molecule is Cc1ccc(C)c(N2CCN(C(=O)CCn3ccn4nc(-c5ccc(C)c(C)c5)cc4c3=O)CC2)c1. The summed E-state index contributed by atoms with van der Waals surface area (Å²) >= 11 is 0. The van der Waals surface area contributed by atoms with E-state index in [1.54, 1.807) is 21.5 Å². The van der Waals surface area contributed by atoms with E-state index < -0.39 is 0 Å². The molecule has 0 bridgehead atoms. The van der Waals surface area contributed by atoms with Gasteiger partial charge in [-0.05, 0) is 68.1 Å². The molecule has 0 N–H and O–H groups in total. The first-order valence-corrected chi connectivity index (χ1v) is 12.6. The third-order valence-electron chi connectivity index (χ3n) is 7.31. The van der Waals surface area contributed by atoms with E-state index in [0.717, 1.165) is 24.3 Å². The summed E-state index contributed by atoms with van der Waals surface area (Å²) in [4.78, 5) is 30.3. The molecule has 186 valence electrons. The molecule has 0 unspecified atom stereocenters. The summed E-state index contributed by atoms with van der Waals surface area (Å²) in [6.45, 7) is 11.8. The number of aromatic nitrogens is 3. The van der Waals surface area contributed by atoms with Gasteiger partial charge in [0.2, 0.25) is 5.91 Å². The van der Waals surface area contributed by atoms with Crippen LogP contribution in [-0.2, 0) is 11.3 Å². The molecule has 7 heteroatoms. The Morgan fingerprint density at radius 3 is 2.36 bits per heavy atom. The van der Waals surface area contributed by atoms with Gasteiger partial charge in [0.05, 0.1) is 5.69 Å². The summed E-state index contributed by atoms with van der Waals surface area (Å²) in [6, 6.07) is 14.5. The van der Waals surface area contributed by atoms with Gasteiger partial charge >= 0.3 is 0 Å². The molecule has 5 rings (SSSR count). The third kappa shape index (κ3) is 4.65. The van der Waals surface area contributed by atoms with Crippen LogP contribution in [0.1, 0.15) is 28.7 Å². The highest BCUT2D eigenvalue weighted by Crippen LogP contribution is 2.23. The van der Waals surface area contributed by atoms with Crippen molar-refractivity contribution in [1.29, 1.82) is 0 Å². The molecule has 0 atom stereocenters. The number of carbonyl (C=O) groups is 1. The fourth-order valence-electron chi connectivity index (χ4n) is 4.88. The van der Waals surface area contributed by atoms with Crippen LogP contribution < -0.4 is 10.5 Å². The van der Waals surface area contributed by atoms with Gasteiger partial charge in [-0.15, -0.1) is 0 Å². The molecule has 0 radical (unpaired) electrons. The molecule has 3 heterocycles. The number of nitrogens with zero attached hydrogens (tertiary/aromatic N) is 5. The summed E-state index contributed by atoms with van der Waals surface area (Å²) in [5.41, 5.74) is 8.31. The smallest absolute Gasteiger partial charge is 0.276 e.